The zero-order chi connectivity index (χ0) is 13.9. The van der Waals surface area contributed by atoms with Gasteiger partial charge < -0.3 is 10.1 Å². The van der Waals surface area contributed by atoms with Gasteiger partial charge in [-0.1, -0.05) is 0 Å². The molecule has 1 aromatic heterocycles. The van der Waals surface area contributed by atoms with Gasteiger partial charge >= 0.3 is 0 Å². The number of aryl methyl sites for hydroxylation is 1. The Morgan fingerprint density at radius 3 is 2.80 bits per heavy atom. The van der Waals surface area contributed by atoms with Gasteiger partial charge in [0, 0.05) is 37.0 Å². The summed E-state index contributed by atoms with van der Waals surface area (Å²) in [5.41, 5.74) is 2.87. The van der Waals surface area contributed by atoms with Gasteiger partial charge in [-0.25, -0.2) is 0 Å². The lowest BCUT2D eigenvalue weighted by atomic mass is 9.95. The Balaban J connectivity index is 1.85. The first kappa shape index (κ1) is 14.0. The smallest absolute Gasteiger partial charge is 0.221 e. The van der Waals surface area contributed by atoms with E-state index in [9.17, 15) is 4.79 Å². The van der Waals surface area contributed by atoms with Crippen molar-refractivity contribution in [1.29, 1.82) is 0 Å². The van der Waals surface area contributed by atoms with E-state index in [-0.39, 0.29) is 5.91 Å². The van der Waals surface area contributed by atoms with Crippen molar-refractivity contribution in [3.8, 4) is 0 Å². The van der Waals surface area contributed by atoms with Gasteiger partial charge in [-0.2, -0.15) is 0 Å². The molecule has 5 heteroatoms. The number of anilines is 1. The first-order chi connectivity index (χ1) is 9.74. The molecule has 2 aliphatic rings. The fourth-order valence-electron chi connectivity index (χ4n) is 3.04. The third-order valence-corrected chi connectivity index (χ3v) is 5.31. The summed E-state index contributed by atoms with van der Waals surface area (Å²) in [5.74, 6) is 0.0341. The molecule has 1 aromatic rings. The second-order valence-electron chi connectivity index (χ2n) is 5.59. The van der Waals surface area contributed by atoms with E-state index in [2.05, 4.69) is 10.2 Å². The van der Waals surface area contributed by atoms with Crippen molar-refractivity contribution in [2.75, 3.05) is 31.6 Å². The molecule has 1 saturated heterocycles. The predicted octanol–water partition coefficient (Wildman–Crippen LogP) is 2.42. The van der Waals surface area contributed by atoms with Gasteiger partial charge in [0.1, 0.15) is 0 Å². The molecular weight excluding hydrogens is 272 g/mol. The number of hydrogen-bond acceptors (Lipinski definition) is 4. The van der Waals surface area contributed by atoms with Gasteiger partial charge in [0.25, 0.3) is 0 Å². The van der Waals surface area contributed by atoms with E-state index in [1.807, 2.05) is 0 Å². The normalized spacial score (nSPS) is 19.6. The van der Waals surface area contributed by atoms with Crippen LogP contribution in [-0.2, 0) is 28.9 Å². The first-order valence-electron chi connectivity index (χ1n) is 7.45. The number of thiophene rings is 1. The van der Waals surface area contributed by atoms with Crippen LogP contribution in [0.5, 0.6) is 0 Å². The molecular formula is C15H22N2O2S. The molecule has 1 N–H and O–H groups in total. The van der Waals surface area contributed by atoms with Gasteiger partial charge in [-0.05, 0) is 31.2 Å². The van der Waals surface area contributed by atoms with Gasteiger partial charge in [0.15, 0.2) is 0 Å². The minimum atomic E-state index is 0.0341. The average molecular weight is 294 g/mol. The Bertz CT molecular complexity index is 492. The molecule has 0 spiro atoms. The van der Waals surface area contributed by atoms with Crippen LogP contribution in [0.15, 0.2) is 0 Å². The van der Waals surface area contributed by atoms with Crippen molar-refractivity contribution in [1.82, 2.24) is 4.90 Å². The van der Waals surface area contributed by atoms with Gasteiger partial charge in [-0.15, -0.1) is 11.3 Å². The van der Waals surface area contributed by atoms with Crippen molar-refractivity contribution in [2.45, 2.75) is 39.2 Å². The summed E-state index contributed by atoms with van der Waals surface area (Å²) in [6.07, 6.45) is 4.91. The highest BCUT2D eigenvalue weighted by molar-refractivity contribution is 7.16. The van der Waals surface area contributed by atoms with Crippen LogP contribution in [0.1, 0.15) is 35.8 Å². The van der Waals surface area contributed by atoms with Crippen LogP contribution in [0.4, 0.5) is 5.00 Å². The van der Waals surface area contributed by atoms with E-state index in [1.54, 1.807) is 18.3 Å². The van der Waals surface area contributed by atoms with E-state index >= 15 is 0 Å². The molecule has 3 rings (SSSR count). The molecule has 0 bridgehead atoms. The van der Waals surface area contributed by atoms with Crippen LogP contribution in [0, 0.1) is 0 Å². The molecule has 20 heavy (non-hydrogen) atoms. The number of carbonyl (C=O) groups excluding carboxylic acids is 1. The molecule has 110 valence electrons. The highest BCUT2D eigenvalue weighted by Gasteiger charge is 2.23. The first-order valence-corrected chi connectivity index (χ1v) is 8.27. The zero-order valence-corrected chi connectivity index (χ0v) is 12.9. The van der Waals surface area contributed by atoms with Crippen LogP contribution in [0.2, 0.25) is 0 Å². The van der Waals surface area contributed by atoms with Crippen LogP contribution in [-0.4, -0.2) is 37.1 Å². The van der Waals surface area contributed by atoms with E-state index in [4.69, 9.17) is 4.74 Å². The topological polar surface area (TPSA) is 41.6 Å². The van der Waals surface area contributed by atoms with E-state index in [1.165, 1.54) is 41.7 Å². The maximum Gasteiger partial charge on any atom is 0.221 e. The molecule has 4 nitrogen and oxygen atoms in total. The van der Waals surface area contributed by atoms with Crippen molar-refractivity contribution >= 4 is 22.2 Å². The molecule has 0 saturated carbocycles. The van der Waals surface area contributed by atoms with E-state index in [0.29, 0.717) is 0 Å². The van der Waals surface area contributed by atoms with Gasteiger partial charge in [0.2, 0.25) is 5.91 Å². The highest BCUT2D eigenvalue weighted by atomic mass is 32.1. The largest absolute Gasteiger partial charge is 0.379 e. The predicted molar refractivity (Wildman–Crippen MR) is 81.4 cm³/mol. The van der Waals surface area contributed by atoms with Crippen LogP contribution >= 0.6 is 11.3 Å². The quantitative estimate of drug-likeness (QED) is 0.931. The second-order valence-corrected chi connectivity index (χ2v) is 6.69. The summed E-state index contributed by atoms with van der Waals surface area (Å²) in [4.78, 5) is 15.4. The molecule has 0 radical (unpaired) electrons. The zero-order valence-electron chi connectivity index (χ0n) is 12.0. The second kappa shape index (κ2) is 6.24. The molecule has 1 aliphatic carbocycles. The molecule has 1 fully saturated rings. The Kier molecular flexibility index (Phi) is 4.38. The molecule has 1 aliphatic heterocycles. The SMILES string of the molecule is CC(=O)Nc1sc2c(c1CN1CCOCC1)CCCC2. The fraction of sp³-hybridized carbons (Fsp3) is 0.667. The monoisotopic (exact) mass is 294 g/mol. The Morgan fingerprint density at radius 2 is 2.05 bits per heavy atom. The Labute approximate surface area is 124 Å². The number of nitrogens with one attached hydrogen (secondary N) is 1. The Morgan fingerprint density at radius 1 is 1.30 bits per heavy atom. The minimum absolute atomic E-state index is 0.0341. The number of carbonyl (C=O) groups is 1. The minimum Gasteiger partial charge on any atom is -0.379 e. The number of hydrogen-bond donors (Lipinski definition) is 1. The lowest BCUT2D eigenvalue weighted by Gasteiger charge is -2.27. The van der Waals surface area contributed by atoms with E-state index in [0.717, 1.165) is 37.8 Å². The summed E-state index contributed by atoms with van der Waals surface area (Å²) >= 11 is 1.79. The van der Waals surface area contributed by atoms with Gasteiger partial charge in [-0.3, -0.25) is 9.69 Å². The number of nitrogens with zero attached hydrogens (tertiary/aromatic N) is 1. The number of ether oxygens (including phenoxy) is 1. The third-order valence-electron chi connectivity index (χ3n) is 4.06. The number of rotatable bonds is 3. The molecule has 0 atom stereocenters. The standard InChI is InChI=1S/C15H22N2O2S/c1-11(18)16-15-13(10-17-6-8-19-9-7-17)12-4-2-3-5-14(12)20-15/h2-10H2,1H3,(H,16,18). The molecule has 0 aromatic carbocycles. The van der Waals surface area contributed by atoms with E-state index < -0.39 is 0 Å². The molecule has 0 unspecified atom stereocenters. The van der Waals surface area contributed by atoms with Crippen LogP contribution in [0.3, 0.4) is 0 Å². The summed E-state index contributed by atoms with van der Waals surface area (Å²) in [6, 6.07) is 0. The van der Waals surface area contributed by atoms with Crippen molar-refractivity contribution in [3.05, 3.63) is 16.0 Å². The van der Waals surface area contributed by atoms with Crippen LogP contribution < -0.4 is 5.32 Å². The summed E-state index contributed by atoms with van der Waals surface area (Å²) in [6.45, 7) is 6.17. The number of fused-ring (bicyclic) bond motifs is 1. The fourth-order valence-corrected chi connectivity index (χ4v) is 4.39. The van der Waals surface area contributed by atoms with Crippen molar-refractivity contribution in [3.63, 3.8) is 0 Å². The molecule has 2 heterocycles. The van der Waals surface area contributed by atoms with Crippen molar-refractivity contribution in [2.24, 2.45) is 0 Å². The summed E-state index contributed by atoms with van der Waals surface area (Å²) in [7, 11) is 0. The van der Waals surface area contributed by atoms with Crippen LogP contribution in [0.25, 0.3) is 0 Å². The Hall–Kier alpha value is -0.910. The number of morpholine rings is 1. The lowest BCUT2D eigenvalue weighted by molar-refractivity contribution is -0.114. The average Bonchev–Trinajstić information content (AvgIpc) is 2.77. The maximum absolute atomic E-state index is 11.4. The summed E-state index contributed by atoms with van der Waals surface area (Å²) < 4.78 is 5.42. The number of amides is 1. The lowest BCUT2D eigenvalue weighted by Crippen LogP contribution is -2.36. The highest BCUT2D eigenvalue weighted by Crippen LogP contribution is 2.38. The molecule has 1 amide bonds. The van der Waals surface area contributed by atoms with Crippen molar-refractivity contribution < 1.29 is 9.53 Å². The third kappa shape index (κ3) is 3.05. The maximum atomic E-state index is 11.4. The van der Waals surface area contributed by atoms with Gasteiger partial charge in [0.05, 0.1) is 18.2 Å². The summed E-state index contributed by atoms with van der Waals surface area (Å²) in [5, 5.41) is 4.12.